The largest absolute Gasteiger partial charge is 0.618 e. The molecule has 120 valence electrons. The Morgan fingerprint density at radius 2 is 1.58 bits per heavy atom. The molecule has 4 rings (SSSR count). The molecule has 2 heterocycles. The van der Waals surface area contributed by atoms with Gasteiger partial charge in [0.1, 0.15) is 0 Å². The molecule has 0 spiro atoms. The van der Waals surface area contributed by atoms with E-state index in [4.69, 9.17) is 0 Å². The van der Waals surface area contributed by atoms with Crippen LogP contribution in [0.4, 0.5) is 0 Å². The Hall–Kier alpha value is -2.18. The van der Waals surface area contributed by atoms with E-state index < -0.39 is 0 Å². The monoisotopic (exact) mass is 446 g/mol. The number of H-pyrrole nitrogens is 1. The number of nitrogens with one attached hydrogen (secondary N) is 1. The molecule has 2 aromatic heterocycles. The summed E-state index contributed by atoms with van der Waals surface area (Å²) in [6.45, 7) is 0. The molecule has 0 fully saturated rings. The molecular formula is C18H12Br2N2O2. The summed E-state index contributed by atoms with van der Waals surface area (Å²) in [7, 11) is 0. The number of hydrogen-bond donors (Lipinski definition) is 1. The maximum atomic E-state index is 11.3. The summed E-state index contributed by atoms with van der Waals surface area (Å²) in [4.78, 5) is 13.9. The normalized spacial score (nSPS) is 10.4. The first-order valence-electron chi connectivity index (χ1n) is 7.09. The molecule has 0 unspecified atom stereocenters. The average Bonchev–Trinajstić information content (AvgIpc) is 2.56. The van der Waals surface area contributed by atoms with Crippen molar-refractivity contribution in [2.45, 2.75) is 0 Å². The fourth-order valence-electron chi connectivity index (χ4n) is 2.30. The minimum Gasteiger partial charge on any atom is -0.618 e. The van der Waals surface area contributed by atoms with Gasteiger partial charge in [0.25, 0.3) is 5.56 Å². The minimum atomic E-state index is -0.0892. The second-order valence-electron chi connectivity index (χ2n) is 5.08. The molecule has 4 nitrogen and oxygen atoms in total. The number of fused-ring (bicyclic) bond motifs is 2. The summed E-state index contributed by atoms with van der Waals surface area (Å²) in [5, 5.41) is 13.3. The van der Waals surface area contributed by atoms with Gasteiger partial charge in [0.2, 0.25) is 5.52 Å². The number of aromatic amines is 1. The van der Waals surface area contributed by atoms with Gasteiger partial charge in [0.15, 0.2) is 6.20 Å². The van der Waals surface area contributed by atoms with Crippen LogP contribution in [0.2, 0.25) is 0 Å². The number of aromatic nitrogens is 2. The molecule has 2 aromatic carbocycles. The molecule has 4 aromatic rings. The number of nitrogens with zero attached hydrogens (tertiary/aromatic N) is 1. The quantitative estimate of drug-likeness (QED) is 0.318. The lowest BCUT2D eigenvalue weighted by molar-refractivity contribution is -0.577. The highest BCUT2D eigenvalue weighted by molar-refractivity contribution is 9.10. The predicted octanol–water partition coefficient (Wildman–Crippen LogP) is 4.53. The van der Waals surface area contributed by atoms with Crippen molar-refractivity contribution in [1.29, 1.82) is 0 Å². The highest BCUT2D eigenvalue weighted by Crippen LogP contribution is 2.15. The summed E-state index contributed by atoms with van der Waals surface area (Å²) in [5.41, 5.74) is 1.47. The van der Waals surface area contributed by atoms with Crippen molar-refractivity contribution in [3.05, 3.63) is 91.4 Å². The maximum Gasteiger partial charge on any atom is 0.262 e. The van der Waals surface area contributed by atoms with E-state index in [0.29, 0.717) is 9.99 Å². The van der Waals surface area contributed by atoms with Crippen LogP contribution in [0.1, 0.15) is 0 Å². The summed E-state index contributed by atoms with van der Waals surface area (Å²) >= 11 is 6.43. The third-order valence-corrected chi connectivity index (χ3v) is 4.44. The molecule has 0 atom stereocenters. The number of benzene rings is 2. The zero-order chi connectivity index (χ0) is 17.1. The van der Waals surface area contributed by atoms with Crippen molar-refractivity contribution >= 4 is 53.7 Å². The Balaban J connectivity index is 0.000000141. The van der Waals surface area contributed by atoms with Crippen molar-refractivity contribution in [1.82, 2.24) is 4.98 Å². The van der Waals surface area contributed by atoms with Gasteiger partial charge in [-0.25, -0.2) is 0 Å². The number of para-hydroxylation sites is 2. The molecule has 0 radical (unpaired) electrons. The Morgan fingerprint density at radius 1 is 0.917 bits per heavy atom. The van der Waals surface area contributed by atoms with Crippen molar-refractivity contribution in [2.24, 2.45) is 0 Å². The van der Waals surface area contributed by atoms with Crippen LogP contribution >= 0.6 is 31.9 Å². The lowest BCUT2D eigenvalue weighted by atomic mass is 10.2. The SMILES string of the molecule is O=c1[nH]c2ccccc2cc1Br.[O-][n+]1cc(Br)cc2ccccc21. The van der Waals surface area contributed by atoms with Gasteiger partial charge in [-0.05, 0) is 61.5 Å². The standard InChI is InChI=1S/2C9H6BrNO/c10-8-5-7-3-1-2-4-9(7)11(12)6-8;10-7-5-6-3-1-2-4-8(6)11-9(7)12/h1-6H;1-5H,(H,11,12). The van der Waals surface area contributed by atoms with Crippen LogP contribution in [0.3, 0.4) is 0 Å². The number of halogens is 2. The van der Waals surface area contributed by atoms with Gasteiger partial charge >= 0.3 is 0 Å². The predicted molar refractivity (Wildman–Crippen MR) is 103 cm³/mol. The smallest absolute Gasteiger partial charge is 0.262 e. The second-order valence-corrected chi connectivity index (χ2v) is 6.85. The van der Waals surface area contributed by atoms with Crippen LogP contribution in [0.15, 0.2) is 80.6 Å². The zero-order valence-electron chi connectivity index (χ0n) is 12.4. The maximum absolute atomic E-state index is 11.3. The van der Waals surface area contributed by atoms with Crippen LogP contribution in [-0.4, -0.2) is 4.98 Å². The summed E-state index contributed by atoms with van der Waals surface area (Å²) < 4.78 is 2.23. The molecule has 24 heavy (non-hydrogen) atoms. The minimum absolute atomic E-state index is 0.0892. The van der Waals surface area contributed by atoms with Gasteiger partial charge in [-0.3, -0.25) is 4.79 Å². The molecular weight excluding hydrogens is 436 g/mol. The van der Waals surface area contributed by atoms with E-state index in [0.717, 1.165) is 25.5 Å². The van der Waals surface area contributed by atoms with Gasteiger partial charge in [-0.1, -0.05) is 30.3 Å². The molecule has 6 heteroatoms. The average molecular weight is 448 g/mol. The van der Waals surface area contributed by atoms with Gasteiger partial charge in [-0.15, -0.1) is 0 Å². The topological polar surface area (TPSA) is 59.8 Å². The van der Waals surface area contributed by atoms with E-state index in [-0.39, 0.29) is 5.56 Å². The Labute approximate surface area is 154 Å². The summed E-state index contributed by atoms with van der Waals surface area (Å²) in [6.07, 6.45) is 1.50. The van der Waals surface area contributed by atoms with Gasteiger partial charge in [-0.2, -0.15) is 4.73 Å². The fourth-order valence-corrected chi connectivity index (χ4v) is 3.08. The van der Waals surface area contributed by atoms with E-state index >= 15 is 0 Å². The Kier molecular flexibility index (Phi) is 4.97. The van der Waals surface area contributed by atoms with E-state index in [1.807, 2.05) is 54.6 Å². The first-order chi connectivity index (χ1) is 11.5. The van der Waals surface area contributed by atoms with Crippen LogP contribution in [0, 0.1) is 5.21 Å². The fraction of sp³-hybridized carbons (Fsp3) is 0. The lowest BCUT2D eigenvalue weighted by Crippen LogP contribution is -2.26. The molecule has 0 amide bonds. The number of hydrogen-bond acceptors (Lipinski definition) is 2. The number of pyridine rings is 2. The first kappa shape index (κ1) is 16.7. The molecule has 0 saturated carbocycles. The van der Waals surface area contributed by atoms with Crippen molar-refractivity contribution in [2.75, 3.05) is 0 Å². The molecule has 0 aliphatic rings. The van der Waals surface area contributed by atoms with Gasteiger partial charge in [0.05, 0.1) is 8.95 Å². The molecule has 1 N–H and O–H groups in total. The van der Waals surface area contributed by atoms with Gasteiger partial charge < -0.3 is 10.2 Å². The highest BCUT2D eigenvalue weighted by atomic mass is 79.9. The van der Waals surface area contributed by atoms with E-state index in [9.17, 15) is 10.0 Å². The second kappa shape index (κ2) is 7.15. The van der Waals surface area contributed by atoms with Crippen molar-refractivity contribution < 1.29 is 4.73 Å². The first-order valence-corrected chi connectivity index (χ1v) is 8.68. The van der Waals surface area contributed by atoms with E-state index in [1.54, 1.807) is 6.07 Å². The molecule has 0 aliphatic carbocycles. The molecule has 0 bridgehead atoms. The van der Waals surface area contributed by atoms with Crippen molar-refractivity contribution in [3.63, 3.8) is 0 Å². The van der Waals surface area contributed by atoms with Gasteiger partial charge in [0, 0.05) is 17.0 Å². The zero-order valence-corrected chi connectivity index (χ0v) is 15.5. The Morgan fingerprint density at radius 3 is 2.38 bits per heavy atom. The van der Waals surface area contributed by atoms with E-state index in [1.165, 1.54) is 6.20 Å². The van der Waals surface area contributed by atoms with Crippen LogP contribution in [0.5, 0.6) is 0 Å². The van der Waals surface area contributed by atoms with Crippen LogP contribution in [0.25, 0.3) is 21.8 Å². The van der Waals surface area contributed by atoms with Crippen LogP contribution < -0.4 is 10.3 Å². The third-order valence-electron chi connectivity index (χ3n) is 3.42. The Bertz CT molecular complexity index is 1080. The van der Waals surface area contributed by atoms with E-state index in [2.05, 4.69) is 36.8 Å². The van der Waals surface area contributed by atoms with Crippen molar-refractivity contribution in [3.8, 4) is 0 Å². The van der Waals surface area contributed by atoms with Crippen LogP contribution in [-0.2, 0) is 0 Å². The summed E-state index contributed by atoms with van der Waals surface area (Å²) in [6, 6.07) is 18.9. The summed E-state index contributed by atoms with van der Waals surface area (Å²) in [5.74, 6) is 0. The third kappa shape index (κ3) is 3.66. The number of rotatable bonds is 0. The highest BCUT2D eigenvalue weighted by Gasteiger charge is 2.02. The lowest BCUT2D eigenvalue weighted by Gasteiger charge is -2.00. The molecule has 0 aliphatic heterocycles. The molecule has 0 saturated heterocycles.